The van der Waals surface area contributed by atoms with E-state index in [-0.39, 0.29) is 5.97 Å². The number of rotatable bonds is 13. The molecule has 0 amide bonds. The summed E-state index contributed by atoms with van der Waals surface area (Å²) in [6.45, 7) is 12.5. The first-order chi connectivity index (χ1) is 19.4. The average Bonchev–Trinajstić information content (AvgIpc) is 3.32. The van der Waals surface area contributed by atoms with Crippen LogP contribution in [0.15, 0.2) is 78.9 Å². The summed E-state index contributed by atoms with van der Waals surface area (Å²) in [6.07, 6.45) is 3.32. The first-order valence-electron chi connectivity index (χ1n) is 14.5. The molecule has 0 radical (unpaired) electrons. The quantitative estimate of drug-likeness (QED) is 0.161. The molecule has 0 saturated heterocycles. The Labute approximate surface area is 239 Å². The van der Waals surface area contributed by atoms with Crippen LogP contribution in [-0.4, -0.2) is 34.1 Å². The standard InChI is InChI=1S/C35H43N3O2/c1-6-7-22-38-32(25-37(23-21-26(2)3)24-28-17-19-30(20-18-28)35(39)40-5)33(29-14-9-8-10-15-29)36-34(38)31-16-12-11-13-27(31)4/h8-20,26H,6-7,21-25H2,1-5H3. The fourth-order valence-electron chi connectivity index (χ4n) is 5.05. The van der Waals surface area contributed by atoms with Gasteiger partial charge in [0.15, 0.2) is 0 Å². The Bertz CT molecular complexity index is 1370. The Morgan fingerprint density at radius 2 is 1.65 bits per heavy atom. The Kier molecular flexibility index (Phi) is 10.3. The molecule has 1 heterocycles. The Morgan fingerprint density at radius 1 is 0.950 bits per heavy atom. The summed E-state index contributed by atoms with van der Waals surface area (Å²) >= 11 is 0. The third kappa shape index (κ3) is 7.28. The molecule has 5 heteroatoms. The van der Waals surface area contributed by atoms with Gasteiger partial charge >= 0.3 is 5.97 Å². The Balaban J connectivity index is 1.78. The van der Waals surface area contributed by atoms with E-state index in [4.69, 9.17) is 9.72 Å². The van der Waals surface area contributed by atoms with E-state index in [9.17, 15) is 4.79 Å². The minimum absolute atomic E-state index is 0.306. The van der Waals surface area contributed by atoms with Gasteiger partial charge in [0, 0.05) is 30.8 Å². The predicted molar refractivity (Wildman–Crippen MR) is 164 cm³/mol. The van der Waals surface area contributed by atoms with Crippen LogP contribution in [0.2, 0.25) is 0 Å². The molecule has 0 spiro atoms. The van der Waals surface area contributed by atoms with E-state index in [1.165, 1.54) is 29.5 Å². The number of hydrogen-bond acceptors (Lipinski definition) is 4. The highest BCUT2D eigenvalue weighted by Gasteiger charge is 2.23. The van der Waals surface area contributed by atoms with Gasteiger partial charge in [-0.05, 0) is 55.5 Å². The van der Waals surface area contributed by atoms with Crippen molar-refractivity contribution in [1.29, 1.82) is 0 Å². The van der Waals surface area contributed by atoms with Crippen LogP contribution in [0.4, 0.5) is 0 Å². The van der Waals surface area contributed by atoms with E-state index in [2.05, 4.69) is 91.8 Å². The number of hydrogen-bond donors (Lipinski definition) is 0. The van der Waals surface area contributed by atoms with E-state index in [1.807, 2.05) is 24.3 Å². The highest BCUT2D eigenvalue weighted by atomic mass is 16.5. The van der Waals surface area contributed by atoms with Crippen LogP contribution >= 0.6 is 0 Å². The molecule has 0 fully saturated rings. The number of carbonyl (C=O) groups excluding carboxylic acids is 1. The van der Waals surface area contributed by atoms with Gasteiger partial charge in [0.25, 0.3) is 0 Å². The number of esters is 1. The smallest absolute Gasteiger partial charge is 0.337 e. The zero-order chi connectivity index (χ0) is 28.5. The Morgan fingerprint density at radius 3 is 2.30 bits per heavy atom. The number of aryl methyl sites for hydroxylation is 1. The first kappa shape index (κ1) is 29.3. The molecule has 40 heavy (non-hydrogen) atoms. The number of benzene rings is 3. The molecular formula is C35H43N3O2. The van der Waals surface area contributed by atoms with Gasteiger partial charge in [0.2, 0.25) is 0 Å². The van der Waals surface area contributed by atoms with Crippen LogP contribution in [0.25, 0.3) is 22.6 Å². The SMILES string of the molecule is CCCCn1c(-c2ccccc2C)nc(-c2ccccc2)c1CN(CCC(C)C)Cc1ccc(C(=O)OC)cc1. The summed E-state index contributed by atoms with van der Waals surface area (Å²) in [7, 11) is 1.42. The number of ether oxygens (including phenoxy) is 1. The highest BCUT2D eigenvalue weighted by Crippen LogP contribution is 2.33. The van der Waals surface area contributed by atoms with Crippen molar-refractivity contribution in [2.45, 2.75) is 66.6 Å². The lowest BCUT2D eigenvalue weighted by Gasteiger charge is -2.25. The second kappa shape index (κ2) is 14.1. The third-order valence-corrected chi connectivity index (χ3v) is 7.42. The summed E-state index contributed by atoms with van der Waals surface area (Å²) < 4.78 is 7.36. The van der Waals surface area contributed by atoms with Gasteiger partial charge in [-0.25, -0.2) is 9.78 Å². The molecule has 0 bridgehead atoms. The van der Waals surface area contributed by atoms with E-state index >= 15 is 0 Å². The summed E-state index contributed by atoms with van der Waals surface area (Å²) in [6, 6.07) is 27.0. The van der Waals surface area contributed by atoms with Crippen LogP contribution in [0, 0.1) is 12.8 Å². The van der Waals surface area contributed by atoms with E-state index in [0.29, 0.717) is 11.5 Å². The molecule has 0 aliphatic heterocycles. The van der Waals surface area contributed by atoms with Gasteiger partial charge in [0.1, 0.15) is 5.82 Å². The highest BCUT2D eigenvalue weighted by molar-refractivity contribution is 5.89. The lowest BCUT2D eigenvalue weighted by molar-refractivity contribution is 0.0600. The molecular weight excluding hydrogens is 494 g/mol. The molecule has 0 atom stereocenters. The van der Waals surface area contributed by atoms with E-state index in [1.54, 1.807) is 0 Å². The normalized spacial score (nSPS) is 11.4. The van der Waals surface area contributed by atoms with Crippen LogP contribution in [0.3, 0.4) is 0 Å². The number of imidazole rings is 1. The Hall–Kier alpha value is -3.70. The monoisotopic (exact) mass is 537 g/mol. The van der Waals surface area contributed by atoms with Crippen molar-refractivity contribution < 1.29 is 9.53 Å². The van der Waals surface area contributed by atoms with E-state index < -0.39 is 0 Å². The molecule has 5 nitrogen and oxygen atoms in total. The molecule has 0 saturated carbocycles. The topological polar surface area (TPSA) is 47.4 Å². The van der Waals surface area contributed by atoms with Crippen molar-refractivity contribution in [3.05, 3.63) is 101 Å². The predicted octanol–water partition coefficient (Wildman–Crippen LogP) is 8.16. The van der Waals surface area contributed by atoms with Crippen LogP contribution in [-0.2, 0) is 24.4 Å². The van der Waals surface area contributed by atoms with Crippen molar-refractivity contribution >= 4 is 5.97 Å². The van der Waals surface area contributed by atoms with Gasteiger partial charge in [-0.2, -0.15) is 0 Å². The molecule has 4 aromatic rings. The zero-order valence-corrected chi connectivity index (χ0v) is 24.7. The van der Waals surface area contributed by atoms with Crippen molar-refractivity contribution in [2.24, 2.45) is 5.92 Å². The van der Waals surface area contributed by atoms with Crippen molar-refractivity contribution in [2.75, 3.05) is 13.7 Å². The van der Waals surface area contributed by atoms with Crippen molar-refractivity contribution in [1.82, 2.24) is 14.5 Å². The molecule has 0 N–H and O–H groups in total. The van der Waals surface area contributed by atoms with Crippen molar-refractivity contribution in [3.63, 3.8) is 0 Å². The minimum atomic E-state index is -0.306. The third-order valence-electron chi connectivity index (χ3n) is 7.42. The van der Waals surface area contributed by atoms with E-state index in [0.717, 1.165) is 62.5 Å². The minimum Gasteiger partial charge on any atom is -0.465 e. The number of nitrogens with zero attached hydrogens (tertiary/aromatic N) is 3. The number of unbranched alkanes of at least 4 members (excludes halogenated alkanes) is 1. The van der Waals surface area contributed by atoms with Crippen LogP contribution < -0.4 is 0 Å². The second-order valence-corrected chi connectivity index (χ2v) is 11.0. The number of carbonyl (C=O) groups is 1. The summed E-state index contributed by atoms with van der Waals surface area (Å²) in [5.41, 5.74) is 7.64. The van der Waals surface area contributed by atoms with Gasteiger partial charge in [0.05, 0.1) is 24.1 Å². The average molecular weight is 538 g/mol. The van der Waals surface area contributed by atoms with Gasteiger partial charge in [-0.15, -0.1) is 0 Å². The molecule has 0 aliphatic rings. The second-order valence-electron chi connectivity index (χ2n) is 11.0. The first-order valence-corrected chi connectivity index (χ1v) is 14.5. The maximum Gasteiger partial charge on any atom is 0.337 e. The maximum atomic E-state index is 12.0. The lowest BCUT2D eigenvalue weighted by atomic mass is 10.1. The van der Waals surface area contributed by atoms with Crippen LogP contribution in [0.5, 0.6) is 0 Å². The zero-order valence-electron chi connectivity index (χ0n) is 24.7. The largest absolute Gasteiger partial charge is 0.465 e. The maximum absolute atomic E-state index is 12.0. The number of aromatic nitrogens is 2. The molecule has 3 aromatic carbocycles. The van der Waals surface area contributed by atoms with Gasteiger partial charge < -0.3 is 9.30 Å². The molecule has 4 rings (SSSR count). The fourth-order valence-corrected chi connectivity index (χ4v) is 5.05. The molecule has 1 aromatic heterocycles. The van der Waals surface area contributed by atoms with Crippen molar-refractivity contribution in [3.8, 4) is 22.6 Å². The molecule has 0 aliphatic carbocycles. The molecule has 210 valence electrons. The van der Waals surface area contributed by atoms with Gasteiger partial charge in [-0.3, -0.25) is 4.90 Å². The lowest BCUT2D eigenvalue weighted by Crippen LogP contribution is -2.27. The van der Waals surface area contributed by atoms with Crippen LogP contribution in [0.1, 0.15) is 67.2 Å². The fraction of sp³-hybridized carbons (Fsp3) is 0.371. The summed E-state index contributed by atoms with van der Waals surface area (Å²) in [4.78, 5) is 19.8. The summed E-state index contributed by atoms with van der Waals surface area (Å²) in [5.74, 6) is 1.34. The number of methoxy groups -OCH3 is 1. The molecule has 0 unspecified atom stereocenters. The summed E-state index contributed by atoms with van der Waals surface area (Å²) in [5, 5.41) is 0. The van der Waals surface area contributed by atoms with Gasteiger partial charge in [-0.1, -0.05) is 93.9 Å².